The Morgan fingerprint density at radius 3 is 3.00 bits per heavy atom. The van der Waals surface area contributed by atoms with Gasteiger partial charge in [0.05, 0.1) is 19.1 Å². The maximum Gasteiger partial charge on any atom is 0.170 e. The Balaban J connectivity index is 2.13. The summed E-state index contributed by atoms with van der Waals surface area (Å²) in [4.78, 5) is 13.3. The van der Waals surface area contributed by atoms with E-state index in [2.05, 4.69) is 5.32 Å². The third-order valence-electron chi connectivity index (χ3n) is 2.80. The highest BCUT2D eigenvalue weighted by molar-refractivity contribution is 7.10. The van der Waals surface area contributed by atoms with Crippen LogP contribution in [0.1, 0.15) is 15.2 Å². The summed E-state index contributed by atoms with van der Waals surface area (Å²) in [7, 11) is 1.87. The molecule has 1 fully saturated rings. The number of likely N-dealkylation sites (N-methyl/N-ethyl adjacent to an activating group) is 1. The zero-order valence-corrected chi connectivity index (χ0v) is 9.76. The zero-order valence-electron chi connectivity index (χ0n) is 8.95. The Labute approximate surface area is 93.4 Å². The first-order valence-electron chi connectivity index (χ1n) is 5.06. The van der Waals surface area contributed by atoms with Crippen molar-refractivity contribution >= 4 is 17.1 Å². The Morgan fingerprint density at radius 2 is 2.40 bits per heavy atom. The third kappa shape index (κ3) is 2.12. The molecule has 3 nitrogen and oxygen atoms in total. The van der Waals surface area contributed by atoms with Crippen LogP contribution in [0.4, 0.5) is 0 Å². The van der Waals surface area contributed by atoms with Gasteiger partial charge in [-0.25, -0.2) is 0 Å². The molecule has 4 heteroatoms. The van der Waals surface area contributed by atoms with E-state index in [1.807, 2.05) is 25.4 Å². The molecule has 0 amide bonds. The maximum absolute atomic E-state index is 12.1. The lowest BCUT2D eigenvalue weighted by atomic mass is 9.95. The van der Waals surface area contributed by atoms with Crippen LogP contribution in [0, 0.1) is 12.8 Å². The predicted octanol–water partition coefficient (Wildman–Crippen LogP) is 1.47. The fraction of sp³-hybridized carbons (Fsp3) is 0.545. The second-order valence-corrected chi connectivity index (χ2v) is 4.96. The van der Waals surface area contributed by atoms with Crippen molar-refractivity contribution in [3.8, 4) is 0 Å². The number of thiophene rings is 1. The number of carbonyl (C=O) groups excluding carboxylic acids is 1. The van der Waals surface area contributed by atoms with Crippen LogP contribution < -0.4 is 5.32 Å². The van der Waals surface area contributed by atoms with Gasteiger partial charge in [0, 0.05) is 21.9 Å². The summed E-state index contributed by atoms with van der Waals surface area (Å²) in [6, 6.07) is 2.12. The van der Waals surface area contributed by atoms with Gasteiger partial charge in [0.1, 0.15) is 0 Å². The van der Waals surface area contributed by atoms with E-state index in [-0.39, 0.29) is 17.7 Å². The fourth-order valence-electron chi connectivity index (χ4n) is 1.88. The summed E-state index contributed by atoms with van der Waals surface area (Å²) in [5.74, 6) is 0.181. The van der Waals surface area contributed by atoms with Gasteiger partial charge in [0.2, 0.25) is 0 Å². The fourth-order valence-corrected chi connectivity index (χ4v) is 2.58. The largest absolute Gasteiger partial charge is 0.379 e. The van der Waals surface area contributed by atoms with E-state index in [1.54, 1.807) is 11.3 Å². The Kier molecular flexibility index (Phi) is 3.19. The zero-order chi connectivity index (χ0) is 10.8. The summed E-state index contributed by atoms with van der Waals surface area (Å²) in [5.41, 5.74) is 0.827. The SMILES string of the molecule is CNC1COCC1C(=O)c1csc(C)c1. The molecule has 1 N–H and O–H groups in total. The van der Waals surface area contributed by atoms with Gasteiger partial charge in [-0.1, -0.05) is 0 Å². The first-order chi connectivity index (χ1) is 7.22. The summed E-state index contributed by atoms with van der Waals surface area (Å²) < 4.78 is 5.33. The molecule has 1 aromatic heterocycles. The van der Waals surface area contributed by atoms with Gasteiger partial charge in [0.25, 0.3) is 0 Å². The number of carbonyl (C=O) groups is 1. The highest BCUT2D eigenvalue weighted by Gasteiger charge is 2.33. The molecule has 15 heavy (non-hydrogen) atoms. The first-order valence-corrected chi connectivity index (χ1v) is 5.94. The van der Waals surface area contributed by atoms with Gasteiger partial charge in [-0.3, -0.25) is 4.79 Å². The summed E-state index contributed by atoms with van der Waals surface area (Å²) in [6.07, 6.45) is 0. The van der Waals surface area contributed by atoms with Crippen LogP contribution in [0.25, 0.3) is 0 Å². The topological polar surface area (TPSA) is 38.3 Å². The van der Waals surface area contributed by atoms with Crippen LogP contribution in [-0.4, -0.2) is 32.1 Å². The van der Waals surface area contributed by atoms with E-state index in [0.29, 0.717) is 13.2 Å². The van der Waals surface area contributed by atoms with Crippen molar-refractivity contribution in [1.82, 2.24) is 5.32 Å². The van der Waals surface area contributed by atoms with E-state index in [1.165, 1.54) is 4.88 Å². The molecular formula is C11H15NO2S. The molecule has 0 aliphatic carbocycles. The van der Waals surface area contributed by atoms with E-state index >= 15 is 0 Å². The number of ketones is 1. The average molecular weight is 225 g/mol. The lowest BCUT2D eigenvalue weighted by Crippen LogP contribution is -2.36. The molecule has 2 rings (SSSR count). The van der Waals surface area contributed by atoms with Crippen LogP contribution in [0.5, 0.6) is 0 Å². The third-order valence-corrected chi connectivity index (χ3v) is 3.66. The highest BCUT2D eigenvalue weighted by atomic mass is 32.1. The van der Waals surface area contributed by atoms with Crippen LogP contribution in [-0.2, 0) is 4.74 Å². The minimum Gasteiger partial charge on any atom is -0.379 e. The Hall–Kier alpha value is -0.710. The molecule has 2 unspecified atom stereocenters. The van der Waals surface area contributed by atoms with Gasteiger partial charge >= 0.3 is 0 Å². The predicted molar refractivity (Wildman–Crippen MR) is 60.5 cm³/mol. The van der Waals surface area contributed by atoms with Gasteiger partial charge in [-0.05, 0) is 20.0 Å². The highest BCUT2D eigenvalue weighted by Crippen LogP contribution is 2.22. The van der Waals surface area contributed by atoms with Crippen LogP contribution in [0.15, 0.2) is 11.4 Å². The number of ether oxygens (including phenoxy) is 1. The van der Waals surface area contributed by atoms with E-state index < -0.39 is 0 Å². The minimum atomic E-state index is -0.0241. The minimum absolute atomic E-state index is 0.0241. The average Bonchev–Trinajstić information content (AvgIpc) is 2.84. The summed E-state index contributed by atoms with van der Waals surface area (Å²) in [6.45, 7) is 3.19. The van der Waals surface area contributed by atoms with Crippen molar-refractivity contribution in [2.45, 2.75) is 13.0 Å². The van der Waals surface area contributed by atoms with Crippen molar-refractivity contribution in [2.75, 3.05) is 20.3 Å². The molecule has 0 saturated carbocycles. The number of Topliss-reactive ketones (excluding diaryl/α,β-unsaturated/α-hetero) is 1. The molecule has 82 valence electrons. The molecule has 1 aliphatic rings. The number of hydrogen-bond acceptors (Lipinski definition) is 4. The normalized spacial score (nSPS) is 25.7. The molecule has 1 aliphatic heterocycles. The molecule has 0 bridgehead atoms. The van der Waals surface area contributed by atoms with Crippen molar-refractivity contribution in [3.63, 3.8) is 0 Å². The number of hydrogen-bond donors (Lipinski definition) is 1. The smallest absolute Gasteiger partial charge is 0.170 e. The summed E-state index contributed by atoms with van der Waals surface area (Å²) in [5, 5.41) is 5.06. The van der Waals surface area contributed by atoms with E-state index in [9.17, 15) is 4.79 Å². The lowest BCUT2D eigenvalue weighted by Gasteiger charge is -2.14. The van der Waals surface area contributed by atoms with E-state index in [4.69, 9.17) is 4.74 Å². The van der Waals surface area contributed by atoms with Gasteiger partial charge in [-0.15, -0.1) is 11.3 Å². The van der Waals surface area contributed by atoms with Crippen molar-refractivity contribution in [2.24, 2.45) is 5.92 Å². The van der Waals surface area contributed by atoms with Crippen LogP contribution in [0.3, 0.4) is 0 Å². The first kappa shape index (κ1) is 10.8. The molecule has 2 heterocycles. The molecule has 2 atom stereocenters. The number of aryl methyl sites for hydroxylation is 1. The Morgan fingerprint density at radius 1 is 1.60 bits per heavy atom. The molecule has 0 radical (unpaired) electrons. The van der Waals surface area contributed by atoms with Crippen molar-refractivity contribution in [1.29, 1.82) is 0 Å². The molecule has 0 aromatic carbocycles. The van der Waals surface area contributed by atoms with Crippen molar-refractivity contribution < 1.29 is 9.53 Å². The molecular weight excluding hydrogens is 210 g/mol. The number of nitrogens with one attached hydrogen (secondary N) is 1. The maximum atomic E-state index is 12.1. The quantitative estimate of drug-likeness (QED) is 0.792. The van der Waals surface area contributed by atoms with Crippen LogP contribution in [0.2, 0.25) is 0 Å². The van der Waals surface area contributed by atoms with Gasteiger partial charge in [0.15, 0.2) is 5.78 Å². The van der Waals surface area contributed by atoms with Gasteiger partial charge < -0.3 is 10.1 Å². The van der Waals surface area contributed by atoms with Crippen molar-refractivity contribution in [3.05, 3.63) is 21.9 Å². The van der Waals surface area contributed by atoms with Gasteiger partial charge in [-0.2, -0.15) is 0 Å². The second kappa shape index (κ2) is 4.43. The van der Waals surface area contributed by atoms with E-state index in [0.717, 1.165) is 5.56 Å². The molecule has 0 spiro atoms. The van der Waals surface area contributed by atoms with Crippen LogP contribution >= 0.6 is 11.3 Å². The lowest BCUT2D eigenvalue weighted by molar-refractivity contribution is 0.0893. The second-order valence-electron chi connectivity index (χ2n) is 3.85. The monoisotopic (exact) mass is 225 g/mol. The standard InChI is InChI=1S/C11H15NO2S/c1-7-3-8(6-15-7)11(13)9-4-14-5-10(9)12-2/h3,6,9-10,12H,4-5H2,1-2H3. The molecule has 1 saturated heterocycles. The summed E-state index contributed by atoms with van der Waals surface area (Å²) >= 11 is 1.62. The molecule has 1 aromatic rings. The number of rotatable bonds is 3. The Bertz CT molecular complexity index is 361.